The minimum atomic E-state index is -3.06. The summed E-state index contributed by atoms with van der Waals surface area (Å²) < 4.78 is 21.9. The lowest BCUT2D eigenvalue weighted by atomic mass is 10.2. The summed E-state index contributed by atoms with van der Waals surface area (Å²) in [5.41, 5.74) is 5.65. The molecule has 2 unspecified atom stereocenters. The van der Waals surface area contributed by atoms with E-state index in [1.165, 1.54) is 0 Å². The SMILES string of the molecule is CN1CCC(NC(=O)C(N)CCS(C)(=O)=O)C1. The molecule has 0 aromatic heterocycles. The Hall–Kier alpha value is -0.660. The van der Waals surface area contributed by atoms with Crippen LogP contribution in [0, 0.1) is 0 Å². The van der Waals surface area contributed by atoms with E-state index in [2.05, 4.69) is 10.2 Å². The number of amides is 1. The molecule has 0 spiro atoms. The number of nitrogens with two attached hydrogens (primary N) is 1. The minimum absolute atomic E-state index is 0.0494. The highest BCUT2D eigenvalue weighted by Crippen LogP contribution is 2.06. The van der Waals surface area contributed by atoms with Crippen molar-refractivity contribution in [2.45, 2.75) is 24.9 Å². The summed E-state index contributed by atoms with van der Waals surface area (Å²) in [7, 11) is -1.06. The Balaban J connectivity index is 2.32. The van der Waals surface area contributed by atoms with E-state index in [4.69, 9.17) is 5.73 Å². The van der Waals surface area contributed by atoms with Gasteiger partial charge in [0.25, 0.3) is 0 Å². The Morgan fingerprint density at radius 3 is 2.71 bits per heavy atom. The van der Waals surface area contributed by atoms with Crippen LogP contribution in [-0.2, 0) is 14.6 Å². The molecule has 0 aromatic rings. The number of likely N-dealkylation sites (tertiary alicyclic amines) is 1. The van der Waals surface area contributed by atoms with E-state index in [9.17, 15) is 13.2 Å². The quantitative estimate of drug-likeness (QED) is 0.634. The van der Waals surface area contributed by atoms with Gasteiger partial charge in [-0.3, -0.25) is 4.79 Å². The second kappa shape index (κ2) is 5.79. The number of carbonyl (C=O) groups is 1. The smallest absolute Gasteiger partial charge is 0.237 e. The van der Waals surface area contributed by atoms with Crippen molar-refractivity contribution in [1.29, 1.82) is 0 Å². The maximum atomic E-state index is 11.7. The number of likely N-dealkylation sites (N-methyl/N-ethyl adjacent to an activating group) is 1. The van der Waals surface area contributed by atoms with Crippen LogP contribution < -0.4 is 11.1 Å². The van der Waals surface area contributed by atoms with Crippen molar-refractivity contribution in [2.24, 2.45) is 5.73 Å². The first kappa shape index (κ1) is 14.4. The third-order valence-electron chi connectivity index (χ3n) is 2.87. The van der Waals surface area contributed by atoms with Gasteiger partial charge < -0.3 is 16.0 Å². The molecule has 3 N–H and O–H groups in total. The van der Waals surface area contributed by atoms with Crippen LogP contribution in [0.1, 0.15) is 12.8 Å². The topological polar surface area (TPSA) is 92.5 Å². The molecule has 1 saturated heterocycles. The molecule has 1 aliphatic rings. The minimum Gasteiger partial charge on any atom is -0.351 e. The molecule has 100 valence electrons. The predicted octanol–water partition coefficient (Wildman–Crippen LogP) is -1.43. The van der Waals surface area contributed by atoms with Crippen molar-refractivity contribution >= 4 is 15.7 Å². The summed E-state index contributed by atoms with van der Waals surface area (Å²) in [5.74, 6) is -0.305. The lowest BCUT2D eigenvalue weighted by Crippen LogP contribution is -2.46. The van der Waals surface area contributed by atoms with Crippen molar-refractivity contribution < 1.29 is 13.2 Å². The second-order valence-corrected chi connectivity index (χ2v) is 7.04. The molecule has 7 heteroatoms. The summed E-state index contributed by atoms with van der Waals surface area (Å²) in [4.78, 5) is 13.8. The number of nitrogens with zero attached hydrogens (tertiary/aromatic N) is 1. The number of carbonyl (C=O) groups excluding carboxylic acids is 1. The fraction of sp³-hybridized carbons (Fsp3) is 0.900. The first-order valence-corrected chi connectivity index (χ1v) is 7.76. The third-order valence-corrected chi connectivity index (χ3v) is 3.85. The van der Waals surface area contributed by atoms with E-state index >= 15 is 0 Å². The van der Waals surface area contributed by atoms with Gasteiger partial charge in [0.2, 0.25) is 5.91 Å². The molecule has 0 bridgehead atoms. The lowest BCUT2D eigenvalue weighted by molar-refractivity contribution is -0.123. The van der Waals surface area contributed by atoms with Crippen molar-refractivity contribution in [3.05, 3.63) is 0 Å². The van der Waals surface area contributed by atoms with Crippen LogP contribution >= 0.6 is 0 Å². The summed E-state index contributed by atoms with van der Waals surface area (Å²) in [5, 5.41) is 2.84. The third kappa shape index (κ3) is 5.47. The Morgan fingerprint density at radius 1 is 1.59 bits per heavy atom. The molecule has 1 amide bonds. The lowest BCUT2D eigenvalue weighted by Gasteiger charge is -2.16. The first-order chi connectivity index (χ1) is 7.78. The Morgan fingerprint density at radius 2 is 2.24 bits per heavy atom. The van der Waals surface area contributed by atoms with Crippen LogP contribution in [0.5, 0.6) is 0 Å². The Labute approximate surface area is 102 Å². The average Bonchev–Trinajstić information content (AvgIpc) is 2.59. The number of hydrogen-bond acceptors (Lipinski definition) is 5. The van der Waals surface area contributed by atoms with Gasteiger partial charge in [0.15, 0.2) is 0 Å². The van der Waals surface area contributed by atoms with E-state index in [-0.39, 0.29) is 24.1 Å². The highest BCUT2D eigenvalue weighted by molar-refractivity contribution is 7.90. The van der Waals surface area contributed by atoms with Gasteiger partial charge in [0.1, 0.15) is 9.84 Å². The molecule has 1 aliphatic heterocycles. The van der Waals surface area contributed by atoms with E-state index in [1.54, 1.807) is 0 Å². The van der Waals surface area contributed by atoms with Gasteiger partial charge in [0, 0.05) is 18.8 Å². The summed E-state index contributed by atoms with van der Waals surface area (Å²) in [6, 6.07) is -0.604. The van der Waals surface area contributed by atoms with Crippen LogP contribution in [0.4, 0.5) is 0 Å². The maximum Gasteiger partial charge on any atom is 0.237 e. The summed E-state index contributed by atoms with van der Waals surface area (Å²) >= 11 is 0. The fourth-order valence-electron chi connectivity index (χ4n) is 1.83. The first-order valence-electron chi connectivity index (χ1n) is 5.70. The largest absolute Gasteiger partial charge is 0.351 e. The second-order valence-electron chi connectivity index (χ2n) is 4.78. The summed E-state index contributed by atoms with van der Waals surface area (Å²) in [6.07, 6.45) is 2.23. The summed E-state index contributed by atoms with van der Waals surface area (Å²) in [6.45, 7) is 1.79. The molecule has 0 aromatic carbocycles. The predicted molar refractivity (Wildman–Crippen MR) is 66.3 cm³/mol. The van der Waals surface area contributed by atoms with E-state index in [1.807, 2.05) is 7.05 Å². The molecule has 1 rings (SSSR count). The van der Waals surface area contributed by atoms with Crippen molar-refractivity contribution in [1.82, 2.24) is 10.2 Å². The zero-order valence-electron chi connectivity index (χ0n) is 10.3. The molecule has 0 radical (unpaired) electrons. The van der Waals surface area contributed by atoms with Crippen LogP contribution in [0.15, 0.2) is 0 Å². The molecule has 0 aliphatic carbocycles. The number of nitrogens with one attached hydrogen (secondary N) is 1. The maximum absolute atomic E-state index is 11.7. The molecule has 6 nitrogen and oxygen atoms in total. The van der Waals surface area contributed by atoms with Crippen LogP contribution in [-0.4, -0.2) is 63.5 Å². The van der Waals surface area contributed by atoms with Gasteiger partial charge in [-0.15, -0.1) is 0 Å². The van der Waals surface area contributed by atoms with Gasteiger partial charge in [-0.05, 0) is 26.4 Å². The highest BCUT2D eigenvalue weighted by Gasteiger charge is 2.23. The van der Waals surface area contributed by atoms with Crippen LogP contribution in [0.2, 0.25) is 0 Å². The molecule has 1 fully saturated rings. The standard InChI is InChI=1S/C10H21N3O3S/c1-13-5-3-8(7-13)12-10(14)9(11)4-6-17(2,15)16/h8-9H,3-7,11H2,1-2H3,(H,12,14). The Bertz CT molecular complexity index is 369. The molecule has 2 atom stereocenters. The number of hydrogen-bond donors (Lipinski definition) is 2. The van der Waals surface area contributed by atoms with E-state index < -0.39 is 15.9 Å². The van der Waals surface area contributed by atoms with Gasteiger partial charge in [-0.1, -0.05) is 0 Å². The van der Waals surface area contributed by atoms with Crippen molar-refractivity contribution in [3.63, 3.8) is 0 Å². The van der Waals surface area contributed by atoms with Crippen molar-refractivity contribution in [2.75, 3.05) is 32.1 Å². The molecule has 17 heavy (non-hydrogen) atoms. The van der Waals surface area contributed by atoms with Gasteiger partial charge in [-0.25, -0.2) is 8.42 Å². The number of rotatable bonds is 5. The van der Waals surface area contributed by atoms with E-state index in [0.29, 0.717) is 0 Å². The van der Waals surface area contributed by atoms with Gasteiger partial charge in [-0.2, -0.15) is 0 Å². The zero-order chi connectivity index (χ0) is 13.1. The normalized spacial score (nSPS) is 23.6. The molecular weight excluding hydrogens is 242 g/mol. The van der Waals surface area contributed by atoms with Gasteiger partial charge >= 0.3 is 0 Å². The van der Waals surface area contributed by atoms with Gasteiger partial charge in [0.05, 0.1) is 11.8 Å². The molecular formula is C10H21N3O3S. The molecule has 0 saturated carbocycles. The highest BCUT2D eigenvalue weighted by atomic mass is 32.2. The van der Waals surface area contributed by atoms with Crippen LogP contribution in [0.3, 0.4) is 0 Å². The fourth-order valence-corrected chi connectivity index (χ4v) is 2.52. The van der Waals surface area contributed by atoms with Crippen molar-refractivity contribution in [3.8, 4) is 0 Å². The monoisotopic (exact) mass is 263 g/mol. The average molecular weight is 263 g/mol. The van der Waals surface area contributed by atoms with E-state index in [0.717, 1.165) is 25.8 Å². The number of sulfone groups is 1. The zero-order valence-corrected chi connectivity index (χ0v) is 11.2. The van der Waals surface area contributed by atoms with Crippen LogP contribution in [0.25, 0.3) is 0 Å². The molecule has 1 heterocycles. The Kier molecular flexibility index (Phi) is 4.91.